The van der Waals surface area contributed by atoms with E-state index >= 15 is 0 Å². The van der Waals surface area contributed by atoms with Gasteiger partial charge in [0, 0.05) is 11.4 Å². The van der Waals surface area contributed by atoms with E-state index in [4.69, 9.17) is 21.6 Å². The predicted molar refractivity (Wildman–Crippen MR) is 103 cm³/mol. The van der Waals surface area contributed by atoms with Crippen LogP contribution in [0.2, 0.25) is 5.02 Å². The molecule has 1 N–H and O–H groups in total. The van der Waals surface area contributed by atoms with E-state index in [2.05, 4.69) is 5.32 Å². The van der Waals surface area contributed by atoms with Crippen LogP contribution in [0, 0.1) is 11.3 Å². The highest BCUT2D eigenvalue weighted by Crippen LogP contribution is 2.21. The molecule has 0 fully saturated rings. The number of hydrogen-bond acceptors (Lipinski definition) is 5. The Morgan fingerprint density at radius 1 is 1.30 bits per heavy atom. The van der Waals surface area contributed by atoms with Gasteiger partial charge in [-0.1, -0.05) is 30.7 Å². The first kappa shape index (κ1) is 20.6. The minimum atomic E-state index is -1.33. The lowest BCUT2D eigenvalue weighted by Crippen LogP contribution is -2.30. The van der Waals surface area contributed by atoms with Crippen LogP contribution in [0.5, 0.6) is 0 Å². The second-order valence-corrected chi connectivity index (χ2v) is 7.59. The van der Waals surface area contributed by atoms with E-state index in [-0.39, 0.29) is 16.1 Å². The summed E-state index contributed by atoms with van der Waals surface area (Å²) in [6.45, 7) is 3.18. The van der Waals surface area contributed by atoms with Crippen molar-refractivity contribution in [2.45, 2.75) is 24.8 Å². The van der Waals surface area contributed by atoms with Crippen molar-refractivity contribution in [3.8, 4) is 6.07 Å². The summed E-state index contributed by atoms with van der Waals surface area (Å²) in [7, 11) is -1.33. The molecule has 0 saturated carbocycles. The number of carbonyl (C=O) groups excluding carboxylic acids is 2. The fourth-order valence-electron chi connectivity index (χ4n) is 2.19. The Labute approximate surface area is 164 Å². The van der Waals surface area contributed by atoms with E-state index < -0.39 is 28.8 Å². The molecule has 0 bridgehead atoms. The largest absolute Gasteiger partial charge is 0.449 e. The number of ether oxygens (including phenoxy) is 1. The van der Waals surface area contributed by atoms with Gasteiger partial charge in [-0.05, 0) is 37.3 Å². The molecule has 0 aliphatic heterocycles. The number of halogens is 1. The number of amides is 1. The molecule has 0 spiro atoms. The topological polar surface area (TPSA) is 96.3 Å². The van der Waals surface area contributed by atoms with Gasteiger partial charge >= 0.3 is 5.97 Å². The summed E-state index contributed by atoms with van der Waals surface area (Å²) < 4.78 is 17.3. The standard InChI is InChI=1S/C19H17ClN2O4S/c1-3-27(25)17-7-5-4-6-15(17)19(24)26-12(2)18(23)22-14-9-8-13(11-21)16(20)10-14/h4-10,12H,3H2,1-2H3,(H,22,23)/t12-,27+/m0/s1. The fraction of sp³-hybridized carbons (Fsp3) is 0.211. The molecule has 1 amide bonds. The number of nitrogens with one attached hydrogen (secondary N) is 1. The second-order valence-electron chi connectivity index (χ2n) is 5.47. The average molecular weight is 405 g/mol. The summed E-state index contributed by atoms with van der Waals surface area (Å²) in [5.41, 5.74) is 0.827. The Balaban J connectivity index is 2.09. The van der Waals surface area contributed by atoms with Crippen LogP contribution in [-0.2, 0) is 20.3 Å². The molecule has 2 atom stereocenters. The minimum absolute atomic E-state index is 0.166. The van der Waals surface area contributed by atoms with Crippen LogP contribution in [0.15, 0.2) is 47.4 Å². The van der Waals surface area contributed by atoms with E-state index in [1.165, 1.54) is 31.2 Å². The Kier molecular flexibility index (Phi) is 7.11. The van der Waals surface area contributed by atoms with E-state index in [0.29, 0.717) is 16.3 Å². The van der Waals surface area contributed by atoms with Gasteiger partial charge in [0.25, 0.3) is 5.91 Å². The zero-order valence-corrected chi connectivity index (χ0v) is 16.3. The van der Waals surface area contributed by atoms with Gasteiger partial charge in [0.2, 0.25) is 0 Å². The first-order chi connectivity index (χ1) is 12.9. The summed E-state index contributed by atoms with van der Waals surface area (Å²) in [6, 6.07) is 12.8. The molecule has 8 heteroatoms. The van der Waals surface area contributed by atoms with Crippen LogP contribution in [0.4, 0.5) is 5.69 Å². The number of nitrogens with zero attached hydrogens (tertiary/aromatic N) is 1. The van der Waals surface area contributed by atoms with E-state index in [1.807, 2.05) is 6.07 Å². The van der Waals surface area contributed by atoms with Gasteiger partial charge < -0.3 is 10.1 Å². The Hall–Kier alpha value is -2.69. The quantitative estimate of drug-likeness (QED) is 0.743. The Morgan fingerprint density at radius 2 is 2.00 bits per heavy atom. The number of carbonyl (C=O) groups is 2. The summed E-state index contributed by atoms with van der Waals surface area (Å²) in [4.78, 5) is 25.0. The van der Waals surface area contributed by atoms with E-state index in [1.54, 1.807) is 25.1 Å². The third-order valence-electron chi connectivity index (χ3n) is 3.62. The maximum atomic E-state index is 12.4. The van der Waals surface area contributed by atoms with Crippen molar-refractivity contribution in [1.29, 1.82) is 5.26 Å². The predicted octanol–water partition coefficient (Wildman–Crippen LogP) is 3.52. The monoisotopic (exact) mass is 404 g/mol. The maximum absolute atomic E-state index is 12.4. The van der Waals surface area contributed by atoms with Crippen LogP contribution in [0.3, 0.4) is 0 Å². The van der Waals surface area contributed by atoms with Crippen molar-refractivity contribution >= 4 is 40.0 Å². The zero-order valence-electron chi connectivity index (χ0n) is 14.7. The molecule has 0 aliphatic carbocycles. The van der Waals surface area contributed by atoms with Crippen molar-refractivity contribution in [2.75, 3.05) is 11.1 Å². The van der Waals surface area contributed by atoms with E-state index in [9.17, 15) is 13.8 Å². The van der Waals surface area contributed by atoms with Gasteiger partial charge in [0.15, 0.2) is 6.10 Å². The van der Waals surface area contributed by atoms with Crippen molar-refractivity contribution in [1.82, 2.24) is 0 Å². The van der Waals surface area contributed by atoms with E-state index in [0.717, 1.165) is 0 Å². The first-order valence-electron chi connectivity index (χ1n) is 8.06. The summed E-state index contributed by atoms with van der Waals surface area (Å²) >= 11 is 5.93. The molecule has 0 heterocycles. The van der Waals surface area contributed by atoms with Crippen LogP contribution in [0.25, 0.3) is 0 Å². The van der Waals surface area contributed by atoms with Gasteiger partial charge in [-0.3, -0.25) is 9.00 Å². The molecule has 27 heavy (non-hydrogen) atoms. The zero-order chi connectivity index (χ0) is 20.0. The molecule has 2 rings (SSSR count). The Bertz CT molecular complexity index is 940. The van der Waals surface area contributed by atoms with Crippen molar-refractivity contribution in [3.63, 3.8) is 0 Å². The highest BCUT2D eigenvalue weighted by Gasteiger charge is 2.22. The lowest BCUT2D eigenvalue weighted by molar-refractivity contribution is -0.123. The van der Waals surface area contributed by atoms with Crippen molar-refractivity contribution < 1.29 is 18.5 Å². The second kappa shape index (κ2) is 9.31. The summed E-state index contributed by atoms with van der Waals surface area (Å²) in [6.07, 6.45) is -1.09. The number of esters is 1. The highest BCUT2D eigenvalue weighted by atomic mass is 35.5. The van der Waals surface area contributed by atoms with Crippen molar-refractivity contribution in [3.05, 3.63) is 58.6 Å². The van der Waals surface area contributed by atoms with Gasteiger partial charge in [0.1, 0.15) is 6.07 Å². The SMILES string of the molecule is CC[S@@](=O)c1ccccc1C(=O)O[C@@H](C)C(=O)Nc1ccc(C#N)c(Cl)c1. The van der Waals surface area contributed by atoms with Crippen LogP contribution in [0.1, 0.15) is 29.8 Å². The molecular weight excluding hydrogens is 388 g/mol. The van der Waals surface area contributed by atoms with Gasteiger partial charge in [-0.25, -0.2) is 4.79 Å². The molecule has 0 radical (unpaired) electrons. The number of benzene rings is 2. The summed E-state index contributed by atoms with van der Waals surface area (Å²) in [5.74, 6) is -0.925. The summed E-state index contributed by atoms with van der Waals surface area (Å²) in [5, 5.41) is 11.6. The number of nitriles is 1. The highest BCUT2D eigenvalue weighted by molar-refractivity contribution is 7.85. The molecule has 2 aromatic carbocycles. The lowest BCUT2D eigenvalue weighted by Gasteiger charge is -2.15. The first-order valence-corrected chi connectivity index (χ1v) is 9.76. The van der Waals surface area contributed by atoms with Gasteiger partial charge in [-0.2, -0.15) is 5.26 Å². The smallest absolute Gasteiger partial charge is 0.340 e. The Morgan fingerprint density at radius 3 is 2.63 bits per heavy atom. The molecule has 0 aromatic heterocycles. The van der Waals surface area contributed by atoms with Gasteiger partial charge in [-0.15, -0.1) is 0 Å². The van der Waals surface area contributed by atoms with Crippen LogP contribution < -0.4 is 5.32 Å². The number of rotatable bonds is 6. The van der Waals surface area contributed by atoms with Crippen molar-refractivity contribution in [2.24, 2.45) is 0 Å². The minimum Gasteiger partial charge on any atom is -0.449 e. The molecule has 0 aliphatic rings. The lowest BCUT2D eigenvalue weighted by atomic mass is 10.2. The van der Waals surface area contributed by atoms with Gasteiger partial charge in [0.05, 0.1) is 31.8 Å². The average Bonchev–Trinajstić information content (AvgIpc) is 2.67. The molecule has 0 saturated heterocycles. The third-order valence-corrected chi connectivity index (χ3v) is 5.31. The number of hydrogen-bond donors (Lipinski definition) is 1. The molecule has 140 valence electrons. The van der Waals surface area contributed by atoms with Crippen LogP contribution >= 0.6 is 11.6 Å². The third kappa shape index (κ3) is 5.16. The molecule has 0 unspecified atom stereocenters. The molecular formula is C19H17ClN2O4S. The molecule has 2 aromatic rings. The molecule has 6 nitrogen and oxygen atoms in total. The van der Waals surface area contributed by atoms with Crippen LogP contribution in [-0.4, -0.2) is 27.9 Å². The number of anilines is 1. The maximum Gasteiger partial charge on any atom is 0.340 e. The normalized spacial score (nSPS) is 12.5. The fourth-order valence-corrected chi connectivity index (χ4v) is 3.36.